The molecule has 0 aromatic carbocycles. The molecule has 1 saturated heterocycles. The first-order chi connectivity index (χ1) is 11.6. The average Bonchev–Trinajstić information content (AvgIpc) is 3.28. The Labute approximate surface area is 147 Å². The van der Waals surface area contributed by atoms with Crippen LogP contribution < -0.4 is 5.32 Å². The maximum atomic E-state index is 12.7. The van der Waals surface area contributed by atoms with Gasteiger partial charge in [-0.2, -0.15) is 0 Å². The Morgan fingerprint density at radius 1 is 1.42 bits per heavy atom. The zero-order valence-corrected chi connectivity index (χ0v) is 15.4. The van der Waals surface area contributed by atoms with E-state index in [9.17, 15) is 4.79 Å². The van der Waals surface area contributed by atoms with Gasteiger partial charge in [0.2, 0.25) is 0 Å². The minimum atomic E-state index is -0.0850. The number of rotatable bonds is 6. The van der Waals surface area contributed by atoms with E-state index in [1.54, 1.807) is 11.3 Å². The summed E-state index contributed by atoms with van der Waals surface area (Å²) in [6.45, 7) is 8.65. The van der Waals surface area contributed by atoms with Crippen LogP contribution in [0.15, 0.2) is 22.0 Å². The van der Waals surface area contributed by atoms with Gasteiger partial charge in [-0.15, -0.1) is 11.3 Å². The Kier molecular flexibility index (Phi) is 5.36. The van der Waals surface area contributed by atoms with E-state index in [1.165, 1.54) is 17.7 Å². The van der Waals surface area contributed by atoms with Crippen molar-refractivity contribution in [1.82, 2.24) is 15.4 Å². The van der Waals surface area contributed by atoms with Crippen molar-refractivity contribution in [3.05, 3.63) is 39.4 Å². The third kappa shape index (κ3) is 3.54. The highest BCUT2D eigenvalue weighted by atomic mass is 32.1. The number of hydrogen-bond donors (Lipinski definition) is 1. The average molecular weight is 347 g/mol. The topological polar surface area (TPSA) is 58.4 Å². The van der Waals surface area contributed by atoms with Gasteiger partial charge in [-0.3, -0.25) is 9.69 Å². The van der Waals surface area contributed by atoms with Crippen LogP contribution in [0.1, 0.15) is 65.3 Å². The SMILES string of the molecule is Cc1noc(C(C)C)c1C(=O)NCC(c1cccs1)N1CCCC1. The Morgan fingerprint density at radius 2 is 2.17 bits per heavy atom. The molecule has 1 N–H and O–H groups in total. The van der Waals surface area contributed by atoms with Gasteiger partial charge in [0.25, 0.3) is 5.91 Å². The Bertz CT molecular complexity index is 673. The van der Waals surface area contributed by atoms with E-state index in [4.69, 9.17) is 4.52 Å². The van der Waals surface area contributed by atoms with Gasteiger partial charge in [-0.1, -0.05) is 25.1 Å². The summed E-state index contributed by atoms with van der Waals surface area (Å²) in [7, 11) is 0. The molecule has 2 aromatic heterocycles. The first kappa shape index (κ1) is 17.2. The fraction of sp³-hybridized carbons (Fsp3) is 0.556. The smallest absolute Gasteiger partial charge is 0.256 e. The molecule has 0 spiro atoms. The van der Waals surface area contributed by atoms with Crippen LogP contribution in [0, 0.1) is 6.92 Å². The molecule has 1 unspecified atom stereocenters. The summed E-state index contributed by atoms with van der Waals surface area (Å²) in [6.07, 6.45) is 2.47. The van der Waals surface area contributed by atoms with E-state index >= 15 is 0 Å². The first-order valence-electron chi connectivity index (χ1n) is 8.59. The highest BCUT2D eigenvalue weighted by Gasteiger charge is 2.27. The molecule has 24 heavy (non-hydrogen) atoms. The lowest BCUT2D eigenvalue weighted by molar-refractivity contribution is 0.0935. The van der Waals surface area contributed by atoms with E-state index in [0.29, 0.717) is 23.6 Å². The van der Waals surface area contributed by atoms with Gasteiger partial charge in [-0.05, 0) is 44.3 Å². The number of carbonyl (C=O) groups is 1. The van der Waals surface area contributed by atoms with Crippen LogP contribution in [0.2, 0.25) is 0 Å². The van der Waals surface area contributed by atoms with Gasteiger partial charge in [0.05, 0.1) is 11.7 Å². The summed E-state index contributed by atoms with van der Waals surface area (Å²) in [5, 5.41) is 9.18. The molecule has 0 aliphatic carbocycles. The van der Waals surface area contributed by atoms with E-state index in [-0.39, 0.29) is 17.9 Å². The van der Waals surface area contributed by atoms with Crippen molar-refractivity contribution in [3.8, 4) is 0 Å². The molecule has 1 amide bonds. The van der Waals surface area contributed by atoms with Crippen LogP contribution in [0.25, 0.3) is 0 Å². The lowest BCUT2D eigenvalue weighted by atomic mass is 10.0. The van der Waals surface area contributed by atoms with Crippen LogP contribution in [0.5, 0.6) is 0 Å². The van der Waals surface area contributed by atoms with Crippen molar-refractivity contribution < 1.29 is 9.32 Å². The van der Waals surface area contributed by atoms with Crippen LogP contribution in [-0.4, -0.2) is 35.6 Å². The number of amides is 1. The Balaban J connectivity index is 1.73. The molecule has 3 heterocycles. The normalized spacial score (nSPS) is 16.7. The third-order valence-corrected chi connectivity index (χ3v) is 5.52. The first-order valence-corrected chi connectivity index (χ1v) is 9.47. The van der Waals surface area contributed by atoms with Gasteiger partial charge in [0.1, 0.15) is 5.56 Å². The van der Waals surface area contributed by atoms with Crippen LogP contribution >= 0.6 is 11.3 Å². The van der Waals surface area contributed by atoms with E-state index in [0.717, 1.165) is 13.1 Å². The number of aryl methyl sites for hydroxylation is 1. The predicted molar refractivity (Wildman–Crippen MR) is 95.5 cm³/mol. The van der Waals surface area contributed by atoms with Crippen LogP contribution in [-0.2, 0) is 0 Å². The summed E-state index contributed by atoms with van der Waals surface area (Å²) in [4.78, 5) is 16.5. The van der Waals surface area contributed by atoms with Gasteiger partial charge in [0.15, 0.2) is 5.76 Å². The second kappa shape index (κ2) is 7.49. The molecule has 130 valence electrons. The molecule has 5 nitrogen and oxygen atoms in total. The van der Waals surface area contributed by atoms with Gasteiger partial charge >= 0.3 is 0 Å². The molecule has 1 fully saturated rings. The van der Waals surface area contributed by atoms with Crippen molar-refractivity contribution in [2.45, 2.75) is 45.6 Å². The standard InChI is InChI=1S/C18H25N3O2S/c1-12(2)17-16(13(3)20-23-17)18(22)19-11-14(15-7-6-10-24-15)21-8-4-5-9-21/h6-7,10,12,14H,4-5,8-9,11H2,1-3H3,(H,19,22). The predicted octanol–water partition coefficient (Wildman–Crippen LogP) is 3.73. The molecule has 1 atom stereocenters. The molecule has 1 aliphatic rings. The summed E-state index contributed by atoms with van der Waals surface area (Å²) < 4.78 is 5.34. The molecule has 1 aliphatic heterocycles. The largest absolute Gasteiger partial charge is 0.360 e. The van der Waals surface area contributed by atoms with Gasteiger partial charge < -0.3 is 9.84 Å². The van der Waals surface area contributed by atoms with E-state index in [1.807, 2.05) is 20.8 Å². The minimum absolute atomic E-state index is 0.0850. The van der Waals surface area contributed by atoms with Crippen LogP contribution in [0.3, 0.4) is 0 Å². The molecule has 0 radical (unpaired) electrons. The minimum Gasteiger partial charge on any atom is -0.360 e. The molecule has 0 saturated carbocycles. The number of nitrogens with one attached hydrogen (secondary N) is 1. The lowest BCUT2D eigenvalue weighted by Gasteiger charge is -2.27. The van der Waals surface area contributed by atoms with Crippen molar-refractivity contribution in [1.29, 1.82) is 0 Å². The summed E-state index contributed by atoms with van der Waals surface area (Å²) in [6, 6.07) is 4.48. The number of thiophene rings is 1. The number of hydrogen-bond acceptors (Lipinski definition) is 5. The third-order valence-electron chi connectivity index (χ3n) is 4.55. The number of likely N-dealkylation sites (tertiary alicyclic amines) is 1. The number of nitrogens with zero attached hydrogens (tertiary/aromatic N) is 2. The fourth-order valence-electron chi connectivity index (χ4n) is 3.28. The van der Waals surface area contributed by atoms with Crippen LogP contribution in [0.4, 0.5) is 0 Å². The molecule has 0 bridgehead atoms. The van der Waals surface area contributed by atoms with Crippen molar-refractivity contribution in [2.24, 2.45) is 0 Å². The van der Waals surface area contributed by atoms with Crippen molar-refractivity contribution in [2.75, 3.05) is 19.6 Å². The van der Waals surface area contributed by atoms with E-state index in [2.05, 4.69) is 32.9 Å². The zero-order valence-electron chi connectivity index (χ0n) is 14.5. The number of carbonyl (C=O) groups excluding carboxylic acids is 1. The second-order valence-corrected chi connectivity index (χ2v) is 7.63. The maximum Gasteiger partial charge on any atom is 0.256 e. The summed E-state index contributed by atoms with van der Waals surface area (Å²) in [5.74, 6) is 0.718. The highest BCUT2D eigenvalue weighted by molar-refractivity contribution is 7.10. The van der Waals surface area contributed by atoms with Crippen molar-refractivity contribution in [3.63, 3.8) is 0 Å². The molecular formula is C18H25N3O2S. The number of aromatic nitrogens is 1. The fourth-order valence-corrected chi connectivity index (χ4v) is 4.14. The molecule has 3 rings (SSSR count). The van der Waals surface area contributed by atoms with E-state index < -0.39 is 0 Å². The Morgan fingerprint density at radius 3 is 2.79 bits per heavy atom. The Hall–Kier alpha value is -1.66. The second-order valence-electron chi connectivity index (χ2n) is 6.65. The quantitative estimate of drug-likeness (QED) is 0.865. The van der Waals surface area contributed by atoms with Gasteiger partial charge in [-0.25, -0.2) is 0 Å². The summed E-state index contributed by atoms with van der Waals surface area (Å²) >= 11 is 1.75. The molecule has 2 aromatic rings. The molecular weight excluding hydrogens is 322 g/mol. The molecule has 6 heteroatoms. The zero-order chi connectivity index (χ0) is 17.1. The monoisotopic (exact) mass is 347 g/mol. The highest BCUT2D eigenvalue weighted by Crippen LogP contribution is 2.28. The maximum absolute atomic E-state index is 12.7. The lowest BCUT2D eigenvalue weighted by Crippen LogP contribution is -2.36. The van der Waals surface area contributed by atoms with Crippen molar-refractivity contribution >= 4 is 17.2 Å². The summed E-state index contributed by atoms with van der Waals surface area (Å²) in [5.41, 5.74) is 1.25. The van der Waals surface area contributed by atoms with Gasteiger partial charge in [0, 0.05) is 17.3 Å².